The molecule has 2 heteroatoms. The van der Waals surface area contributed by atoms with Gasteiger partial charge in [0.25, 0.3) is 0 Å². The van der Waals surface area contributed by atoms with Crippen LogP contribution >= 0.6 is 0 Å². The molecule has 0 bridgehead atoms. The first-order valence-corrected chi connectivity index (χ1v) is 4.22. The van der Waals surface area contributed by atoms with Crippen molar-refractivity contribution in [2.45, 2.75) is 32.6 Å². The fraction of sp³-hybridized carbons (Fsp3) is 0.778. The molecular formula is C9H12O2. The Morgan fingerprint density at radius 1 is 1.27 bits per heavy atom. The molecule has 0 aliphatic heterocycles. The molecule has 11 heavy (non-hydrogen) atoms. The van der Waals surface area contributed by atoms with E-state index < -0.39 is 5.41 Å². The molecule has 0 atom stereocenters. The van der Waals surface area contributed by atoms with Gasteiger partial charge < -0.3 is 0 Å². The summed E-state index contributed by atoms with van der Waals surface area (Å²) in [4.78, 5) is 22.6. The molecule has 0 saturated heterocycles. The van der Waals surface area contributed by atoms with Crippen LogP contribution in [0.1, 0.15) is 32.6 Å². The largest absolute Gasteiger partial charge is 0.299 e. The van der Waals surface area contributed by atoms with Gasteiger partial charge in [0, 0.05) is 5.92 Å². The average molecular weight is 152 g/mol. The second kappa shape index (κ2) is 1.93. The summed E-state index contributed by atoms with van der Waals surface area (Å²) in [6, 6.07) is 0. The lowest BCUT2D eigenvalue weighted by Gasteiger charge is -2.07. The Labute approximate surface area is 66.0 Å². The van der Waals surface area contributed by atoms with Crippen LogP contribution in [0.15, 0.2) is 0 Å². The van der Waals surface area contributed by atoms with E-state index in [9.17, 15) is 9.59 Å². The van der Waals surface area contributed by atoms with Gasteiger partial charge in [-0.25, -0.2) is 0 Å². The van der Waals surface area contributed by atoms with Crippen LogP contribution in [-0.2, 0) is 9.59 Å². The third kappa shape index (κ3) is 0.924. The summed E-state index contributed by atoms with van der Waals surface area (Å²) in [6.45, 7) is 1.55. The number of rotatable bonds is 3. The molecule has 0 aromatic heterocycles. The molecule has 0 aromatic rings. The predicted octanol–water partition coefficient (Wildman–Crippen LogP) is 1.33. The molecule has 60 valence electrons. The van der Waals surface area contributed by atoms with Crippen molar-refractivity contribution in [3.8, 4) is 0 Å². The normalized spacial score (nSPS) is 26.3. The van der Waals surface area contributed by atoms with E-state index in [0.29, 0.717) is 0 Å². The summed E-state index contributed by atoms with van der Waals surface area (Å²) in [7, 11) is 0. The highest BCUT2D eigenvalue weighted by atomic mass is 16.2. The minimum absolute atomic E-state index is 0.0920. The molecule has 2 saturated carbocycles. The van der Waals surface area contributed by atoms with Crippen LogP contribution in [0.3, 0.4) is 0 Å². The number of hydrogen-bond acceptors (Lipinski definition) is 2. The van der Waals surface area contributed by atoms with Crippen LogP contribution in [0.4, 0.5) is 0 Å². The SMILES string of the molecule is CC(=O)C1(C(=O)C2CC2)CC1. The van der Waals surface area contributed by atoms with Crippen molar-refractivity contribution in [1.29, 1.82) is 0 Å². The smallest absolute Gasteiger partial charge is 0.149 e. The predicted molar refractivity (Wildman–Crippen MR) is 40.1 cm³/mol. The lowest BCUT2D eigenvalue weighted by atomic mass is 9.93. The average Bonchev–Trinajstić information content (AvgIpc) is 2.84. The Balaban J connectivity index is 2.13. The maximum Gasteiger partial charge on any atom is 0.149 e. The summed E-state index contributed by atoms with van der Waals surface area (Å²) >= 11 is 0. The highest BCUT2D eigenvalue weighted by molar-refractivity contribution is 6.10. The second-order valence-corrected chi connectivity index (χ2v) is 3.78. The summed E-state index contributed by atoms with van der Waals surface area (Å²) in [6.07, 6.45) is 3.68. The van der Waals surface area contributed by atoms with E-state index in [4.69, 9.17) is 0 Å². The van der Waals surface area contributed by atoms with Crippen molar-refractivity contribution in [3.05, 3.63) is 0 Å². The van der Waals surface area contributed by atoms with Gasteiger partial charge in [0.1, 0.15) is 11.6 Å². The van der Waals surface area contributed by atoms with Gasteiger partial charge in [0.05, 0.1) is 5.41 Å². The molecule has 0 aromatic carbocycles. The van der Waals surface area contributed by atoms with E-state index in [2.05, 4.69) is 0 Å². The molecule has 0 amide bonds. The van der Waals surface area contributed by atoms with E-state index in [-0.39, 0.29) is 17.5 Å². The van der Waals surface area contributed by atoms with Gasteiger partial charge in [-0.3, -0.25) is 9.59 Å². The molecular weight excluding hydrogens is 140 g/mol. The highest BCUT2D eigenvalue weighted by Crippen LogP contribution is 2.52. The maximum absolute atomic E-state index is 11.5. The number of carbonyl (C=O) groups excluding carboxylic acids is 2. The lowest BCUT2D eigenvalue weighted by Crippen LogP contribution is -2.24. The Morgan fingerprint density at radius 2 is 1.82 bits per heavy atom. The Morgan fingerprint density at radius 3 is 2.09 bits per heavy atom. The van der Waals surface area contributed by atoms with E-state index in [1.54, 1.807) is 6.92 Å². The molecule has 0 radical (unpaired) electrons. The number of hydrogen-bond donors (Lipinski definition) is 0. The molecule has 2 aliphatic rings. The molecule has 0 spiro atoms. The van der Waals surface area contributed by atoms with Crippen LogP contribution in [0.5, 0.6) is 0 Å². The van der Waals surface area contributed by atoms with E-state index >= 15 is 0 Å². The maximum atomic E-state index is 11.5. The number of Topliss-reactive ketones (excluding diaryl/α,β-unsaturated/α-hetero) is 2. The van der Waals surface area contributed by atoms with Gasteiger partial charge in [-0.15, -0.1) is 0 Å². The van der Waals surface area contributed by atoms with Crippen molar-refractivity contribution in [2.75, 3.05) is 0 Å². The Kier molecular flexibility index (Phi) is 1.23. The molecule has 2 fully saturated rings. The van der Waals surface area contributed by atoms with Gasteiger partial charge in [0.15, 0.2) is 0 Å². The standard InChI is InChI=1S/C9H12O2/c1-6(10)9(4-5-9)8(11)7-2-3-7/h7H,2-5H2,1H3. The van der Waals surface area contributed by atoms with E-state index in [0.717, 1.165) is 25.7 Å². The van der Waals surface area contributed by atoms with Crippen molar-refractivity contribution < 1.29 is 9.59 Å². The Hall–Kier alpha value is -0.660. The molecule has 2 rings (SSSR count). The zero-order valence-corrected chi connectivity index (χ0v) is 6.72. The molecule has 0 heterocycles. The van der Waals surface area contributed by atoms with E-state index in [1.807, 2.05) is 0 Å². The third-order valence-corrected chi connectivity index (χ3v) is 2.84. The van der Waals surface area contributed by atoms with Crippen LogP contribution in [0, 0.1) is 11.3 Å². The number of carbonyl (C=O) groups is 2. The first-order valence-electron chi connectivity index (χ1n) is 4.22. The van der Waals surface area contributed by atoms with Gasteiger partial charge >= 0.3 is 0 Å². The number of ketones is 2. The summed E-state index contributed by atoms with van der Waals surface area (Å²) in [5, 5.41) is 0. The van der Waals surface area contributed by atoms with Crippen molar-refractivity contribution in [1.82, 2.24) is 0 Å². The lowest BCUT2D eigenvalue weighted by molar-refractivity contribution is -0.134. The van der Waals surface area contributed by atoms with Gasteiger partial charge in [-0.2, -0.15) is 0 Å². The molecule has 2 nitrogen and oxygen atoms in total. The Bertz CT molecular complexity index is 222. The molecule has 0 N–H and O–H groups in total. The highest BCUT2D eigenvalue weighted by Gasteiger charge is 2.57. The fourth-order valence-electron chi connectivity index (χ4n) is 1.63. The van der Waals surface area contributed by atoms with Gasteiger partial charge in [-0.1, -0.05) is 0 Å². The summed E-state index contributed by atoms with van der Waals surface area (Å²) < 4.78 is 0. The van der Waals surface area contributed by atoms with Gasteiger partial charge in [0.2, 0.25) is 0 Å². The molecule has 0 unspecified atom stereocenters. The van der Waals surface area contributed by atoms with Crippen molar-refractivity contribution in [2.24, 2.45) is 11.3 Å². The van der Waals surface area contributed by atoms with Crippen LogP contribution < -0.4 is 0 Å². The van der Waals surface area contributed by atoms with Crippen LogP contribution in [0.2, 0.25) is 0 Å². The first-order chi connectivity index (χ1) is 5.17. The fourth-order valence-corrected chi connectivity index (χ4v) is 1.63. The minimum Gasteiger partial charge on any atom is -0.299 e. The van der Waals surface area contributed by atoms with E-state index in [1.165, 1.54) is 0 Å². The summed E-state index contributed by atoms with van der Waals surface area (Å²) in [5.74, 6) is 0.584. The topological polar surface area (TPSA) is 34.1 Å². The zero-order valence-electron chi connectivity index (χ0n) is 6.72. The van der Waals surface area contributed by atoms with Crippen LogP contribution in [-0.4, -0.2) is 11.6 Å². The summed E-state index contributed by atoms with van der Waals surface area (Å²) in [5.41, 5.74) is -0.485. The zero-order chi connectivity index (χ0) is 8.06. The molecule has 2 aliphatic carbocycles. The van der Waals surface area contributed by atoms with Crippen molar-refractivity contribution >= 4 is 11.6 Å². The van der Waals surface area contributed by atoms with Gasteiger partial charge in [-0.05, 0) is 32.6 Å². The minimum atomic E-state index is -0.485. The van der Waals surface area contributed by atoms with Crippen LogP contribution in [0.25, 0.3) is 0 Å². The quantitative estimate of drug-likeness (QED) is 0.572. The second-order valence-electron chi connectivity index (χ2n) is 3.78. The monoisotopic (exact) mass is 152 g/mol. The van der Waals surface area contributed by atoms with Crippen molar-refractivity contribution in [3.63, 3.8) is 0 Å². The first kappa shape index (κ1) is 7.01. The third-order valence-electron chi connectivity index (χ3n) is 2.84.